The van der Waals surface area contributed by atoms with Crippen molar-refractivity contribution in [2.24, 2.45) is 0 Å². The molecule has 0 atom stereocenters. The van der Waals surface area contributed by atoms with E-state index in [-0.39, 0.29) is 68.4 Å². The number of furan rings is 1. The summed E-state index contributed by atoms with van der Waals surface area (Å²) in [5, 5.41) is 1.83. The van der Waals surface area contributed by atoms with Crippen LogP contribution in [0.25, 0.3) is 88.0 Å². The van der Waals surface area contributed by atoms with Gasteiger partial charge in [-0.1, -0.05) is 145 Å². The first-order valence-corrected chi connectivity index (χ1v) is 14.2. The average Bonchev–Trinajstić information content (AvgIpc) is 3.66. The Hall–Kier alpha value is -5.92. The molecule has 9 rings (SSSR count). The Balaban J connectivity index is 1.48. The van der Waals surface area contributed by atoms with Gasteiger partial charge in [-0.2, -0.15) is 0 Å². The van der Waals surface area contributed by atoms with Crippen LogP contribution in [0.2, 0.25) is 0 Å². The molecule has 0 unspecified atom stereocenters. The maximum Gasteiger partial charge on any atom is 0.136 e. The van der Waals surface area contributed by atoms with Crippen LogP contribution in [0.4, 0.5) is 0 Å². The van der Waals surface area contributed by atoms with Gasteiger partial charge in [-0.05, 0) is 90.2 Å². The first kappa shape index (κ1) is 14.7. The van der Waals surface area contributed by atoms with Gasteiger partial charge < -0.3 is 4.42 Å². The van der Waals surface area contributed by atoms with Gasteiger partial charge in [0, 0.05) is 10.8 Å². The molecule has 0 bridgehead atoms. The van der Waals surface area contributed by atoms with Gasteiger partial charge in [-0.15, -0.1) is 0 Å². The molecule has 1 nitrogen and oxygen atoms in total. The molecule has 0 amide bonds. The SMILES string of the molecule is [2H]c1c([2H])c([2H])c(-c2c([2H])c([2H])c([2H])c(-c3c4ccccc4c(-c4c([2H])c([2H])c([2H])c5oc6c([2H])c([2H])c(-c7ccccc7)c([2H])c6c45)c4ccccc34)c2[2H])c([2H])c1[2H]. The van der Waals surface area contributed by atoms with E-state index in [1.165, 1.54) is 0 Å². The molecule has 0 fully saturated rings. The molecule has 210 valence electrons. The van der Waals surface area contributed by atoms with Crippen molar-refractivity contribution in [2.75, 3.05) is 0 Å². The number of fused-ring (bicyclic) bond motifs is 5. The van der Waals surface area contributed by atoms with Crippen LogP contribution in [0.15, 0.2) is 174 Å². The van der Waals surface area contributed by atoms with Crippen LogP contribution in [0, 0.1) is 0 Å². The molecular weight excluding hydrogens is 544 g/mol. The second kappa shape index (κ2) is 10.4. The van der Waals surface area contributed by atoms with E-state index in [1.807, 2.05) is 0 Å². The Morgan fingerprint density at radius 3 is 1.71 bits per heavy atom. The Morgan fingerprint density at radius 1 is 0.378 bits per heavy atom. The fourth-order valence-electron chi connectivity index (χ4n) is 6.03. The highest BCUT2D eigenvalue weighted by Crippen LogP contribution is 2.47. The summed E-state index contributed by atoms with van der Waals surface area (Å²) in [6.07, 6.45) is 0. The minimum absolute atomic E-state index is 0.0779. The summed E-state index contributed by atoms with van der Waals surface area (Å²) in [6, 6.07) is 14.6. The van der Waals surface area contributed by atoms with E-state index in [0.29, 0.717) is 32.7 Å². The number of hydrogen-bond donors (Lipinski definition) is 0. The number of benzene rings is 8. The van der Waals surface area contributed by atoms with Gasteiger partial charge in [0.2, 0.25) is 0 Å². The molecule has 0 saturated heterocycles. The summed E-state index contributed by atoms with van der Waals surface area (Å²) >= 11 is 0. The summed E-state index contributed by atoms with van der Waals surface area (Å²) in [5.41, 5.74) is 0.0536. The fraction of sp³-hybridized carbons (Fsp3) is 0. The first-order valence-electron chi connectivity index (χ1n) is 21.7. The Morgan fingerprint density at radius 2 is 0.978 bits per heavy atom. The standard InChI is InChI=1S/C44H28O/c1-3-13-29(14-4-1)31-17-11-18-33(27-31)42-34-19-7-9-21-36(34)43(37-22-10-8-20-35(37)42)38-23-12-24-41-44(38)39-28-32(25-26-40(39)45-41)30-15-5-2-6-16-30/h1-28H/i1D,3D,4D,11D,12D,13D,14D,17D,18D,23D,24D,25D,26D,27D,28D. The number of rotatable bonds is 4. The smallest absolute Gasteiger partial charge is 0.136 e. The predicted molar refractivity (Wildman–Crippen MR) is 190 cm³/mol. The minimum atomic E-state index is -0.687. The van der Waals surface area contributed by atoms with Gasteiger partial charge in [0.1, 0.15) is 11.2 Å². The normalized spacial score (nSPS) is 16.2. The maximum absolute atomic E-state index is 9.57. The summed E-state index contributed by atoms with van der Waals surface area (Å²) in [6.45, 7) is 0. The zero-order valence-corrected chi connectivity index (χ0v) is 23.4. The van der Waals surface area contributed by atoms with E-state index in [0.717, 1.165) is 0 Å². The van der Waals surface area contributed by atoms with E-state index in [4.69, 9.17) is 19.5 Å². The van der Waals surface area contributed by atoms with E-state index in [9.17, 15) is 5.48 Å². The van der Waals surface area contributed by atoms with E-state index < -0.39 is 77.6 Å². The Labute approximate surface area is 282 Å². The molecule has 0 saturated carbocycles. The summed E-state index contributed by atoms with van der Waals surface area (Å²) in [5.74, 6) is 0. The van der Waals surface area contributed by atoms with E-state index in [1.54, 1.807) is 78.9 Å². The van der Waals surface area contributed by atoms with Gasteiger partial charge in [-0.3, -0.25) is 0 Å². The molecule has 0 radical (unpaired) electrons. The summed E-state index contributed by atoms with van der Waals surface area (Å²) in [4.78, 5) is 0. The van der Waals surface area contributed by atoms with E-state index >= 15 is 0 Å². The zero-order chi connectivity index (χ0) is 42.8. The maximum atomic E-state index is 9.57. The average molecular weight is 588 g/mol. The molecule has 1 heterocycles. The molecule has 0 aliphatic heterocycles. The van der Waals surface area contributed by atoms with Crippen molar-refractivity contribution in [1.82, 2.24) is 0 Å². The number of hydrogen-bond acceptors (Lipinski definition) is 1. The summed E-state index contributed by atoms with van der Waals surface area (Å²) in [7, 11) is 0. The lowest BCUT2D eigenvalue weighted by atomic mass is 9.84. The topological polar surface area (TPSA) is 13.1 Å². The fourth-order valence-corrected chi connectivity index (χ4v) is 6.03. The largest absolute Gasteiger partial charge is 0.456 e. The lowest BCUT2D eigenvalue weighted by Crippen LogP contribution is -1.91. The quantitative estimate of drug-likeness (QED) is 0.187. The second-order valence-corrected chi connectivity index (χ2v) is 10.5. The lowest BCUT2D eigenvalue weighted by Gasteiger charge is -2.18. The predicted octanol–water partition coefficient (Wildman–Crippen LogP) is 12.6. The monoisotopic (exact) mass is 587 g/mol. The molecule has 45 heavy (non-hydrogen) atoms. The van der Waals surface area contributed by atoms with Crippen LogP contribution >= 0.6 is 0 Å². The summed E-state index contributed by atoms with van der Waals surface area (Å²) < 4.78 is 140. The zero-order valence-electron chi connectivity index (χ0n) is 38.4. The van der Waals surface area contributed by atoms with Gasteiger partial charge in [0.05, 0.1) is 20.6 Å². The van der Waals surface area contributed by atoms with Crippen molar-refractivity contribution in [3.63, 3.8) is 0 Å². The van der Waals surface area contributed by atoms with Gasteiger partial charge >= 0.3 is 0 Å². The van der Waals surface area contributed by atoms with Crippen LogP contribution in [0.5, 0.6) is 0 Å². The highest BCUT2D eigenvalue weighted by Gasteiger charge is 2.20. The van der Waals surface area contributed by atoms with Gasteiger partial charge in [-0.25, -0.2) is 0 Å². The first-order chi connectivity index (χ1) is 28.6. The van der Waals surface area contributed by atoms with Crippen LogP contribution in [-0.4, -0.2) is 0 Å². The molecule has 0 aliphatic rings. The molecule has 0 spiro atoms. The molecule has 0 aliphatic carbocycles. The lowest BCUT2D eigenvalue weighted by molar-refractivity contribution is 0.669. The van der Waals surface area contributed by atoms with Crippen LogP contribution in [-0.2, 0) is 0 Å². The van der Waals surface area contributed by atoms with Crippen LogP contribution < -0.4 is 0 Å². The minimum Gasteiger partial charge on any atom is -0.456 e. The Bertz CT molecular complexity index is 3290. The Kier molecular flexibility index (Phi) is 3.39. The van der Waals surface area contributed by atoms with Crippen molar-refractivity contribution < 1.29 is 25.0 Å². The molecule has 9 aromatic rings. The molecule has 8 aromatic carbocycles. The second-order valence-electron chi connectivity index (χ2n) is 10.5. The molecule has 0 N–H and O–H groups in total. The van der Waals surface area contributed by atoms with Crippen molar-refractivity contribution in [3.05, 3.63) is 169 Å². The third-order valence-electron chi connectivity index (χ3n) is 7.94. The van der Waals surface area contributed by atoms with Crippen molar-refractivity contribution >= 4 is 43.5 Å². The van der Waals surface area contributed by atoms with Crippen molar-refractivity contribution in [3.8, 4) is 44.5 Å². The third kappa shape index (κ3) is 4.17. The highest BCUT2D eigenvalue weighted by molar-refractivity contribution is 6.25. The van der Waals surface area contributed by atoms with Crippen LogP contribution in [0.3, 0.4) is 0 Å². The molecular formula is C44H28O. The van der Waals surface area contributed by atoms with Gasteiger partial charge in [0.15, 0.2) is 0 Å². The van der Waals surface area contributed by atoms with Crippen LogP contribution in [0.1, 0.15) is 20.6 Å². The van der Waals surface area contributed by atoms with Gasteiger partial charge in [0.25, 0.3) is 0 Å². The molecule has 1 heteroatoms. The highest BCUT2D eigenvalue weighted by atomic mass is 16.3. The van der Waals surface area contributed by atoms with E-state index in [2.05, 4.69) is 0 Å². The molecule has 1 aromatic heterocycles. The van der Waals surface area contributed by atoms with Crippen molar-refractivity contribution in [1.29, 1.82) is 0 Å². The third-order valence-corrected chi connectivity index (χ3v) is 7.94. The van der Waals surface area contributed by atoms with Crippen molar-refractivity contribution in [2.45, 2.75) is 0 Å².